The third-order valence-electron chi connectivity index (χ3n) is 24.9. The molecule has 105 heavy (non-hydrogen) atoms. The third-order valence-corrected chi connectivity index (χ3v) is 24.9. The topological polar surface area (TPSA) is 6.48 Å². The van der Waals surface area contributed by atoms with Crippen LogP contribution in [0.4, 0.5) is 34.1 Å². The lowest BCUT2D eigenvalue weighted by atomic mass is 9.78. The number of benzene rings is 14. The number of anilines is 6. The van der Waals surface area contributed by atoms with Gasteiger partial charge in [-0.2, -0.15) is 0 Å². The highest BCUT2D eigenvalue weighted by molar-refractivity contribution is 5.93. The zero-order valence-corrected chi connectivity index (χ0v) is 63.1. The molecule has 512 valence electrons. The standard InChI is InChI=1S/C103H90N2/c1-63-15-23-67(24-16-63)71-31-47-83-87-51-43-79(59-95(87)100(7,8)91(83)55-71)104(80-44-52-88-84-48-32-72(68-25-17-64(2)18-26-68)56-92(84)101(9,10)96(88)60-80)77-39-35-75(36-40-77)99(5,6)76-37-41-78(42-38-76)105(81-45-53-89-85-49-33-73(69-27-19-65(3)20-28-69)57-93(85)102(11,12)97(89)61-81)82-46-54-90-86-50-34-74(70-29-21-66(4)22-30-70)58-94(86)103(13,14)98(90)62-82/h15-62H,1-14H3. The Hall–Kier alpha value is -11.3. The Balaban J connectivity index is 0.709. The molecule has 18 rings (SSSR count). The van der Waals surface area contributed by atoms with E-state index in [-0.39, 0.29) is 27.1 Å². The fourth-order valence-electron chi connectivity index (χ4n) is 18.3. The molecule has 0 bridgehead atoms. The lowest BCUT2D eigenvalue weighted by Crippen LogP contribution is -2.20. The summed E-state index contributed by atoms with van der Waals surface area (Å²) in [6.07, 6.45) is 0. The van der Waals surface area contributed by atoms with Gasteiger partial charge in [-0.1, -0.05) is 286 Å². The van der Waals surface area contributed by atoms with Gasteiger partial charge in [-0.3, -0.25) is 0 Å². The molecule has 4 aliphatic rings. The molecule has 4 aliphatic carbocycles. The molecule has 0 spiro atoms. The van der Waals surface area contributed by atoms with Gasteiger partial charge in [0.2, 0.25) is 0 Å². The molecule has 0 radical (unpaired) electrons. The van der Waals surface area contributed by atoms with Crippen molar-refractivity contribution in [3.63, 3.8) is 0 Å². The first-order chi connectivity index (χ1) is 50.4. The zero-order chi connectivity index (χ0) is 72.4. The highest BCUT2D eigenvalue weighted by atomic mass is 15.1. The predicted octanol–water partition coefficient (Wildman–Crippen LogP) is 28.1. The van der Waals surface area contributed by atoms with Crippen LogP contribution in [0.15, 0.2) is 291 Å². The van der Waals surface area contributed by atoms with E-state index in [0.717, 1.165) is 34.1 Å². The Morgan fingerprint density at radius 2 is 0.362 bits per heavy atom. The van der Waals surface area contributed by atoms with E-state index >= 15 is 0 Å². The summed E-state index contributed by atoms with van der Waals surface area (Å²) in [5, 5.41) is 0. The van der Waals surface area contributed by atoms with Crippen molar-refractivity contribution in [2.45, 2.75) is 124 Å². The van der Waals surface area contributed by atoms with E-state index in [1.165, 1.54) is 167 Å². The van der Waals surface area contributed by atoms with Gasteiger partial charge in [0.05, 0.1) is 0 Å². The summed E-state index contributed by atoms with van der Waals surface area (Å²) in [5.41, 5.74) is 44.4. The quantitative estimate of drug-likeness (QED) is 0.120. The summed E-state index contributed by atoms with van der Waals surface area (Å²) in [4.78, 5) is 5.02. The van der Waals surface area contributed by atoms with Gasteiger partial charge in [0, 0.05) is 61.2 Å². The summed E-state index contributed by atoms with van der Waals surface area (Å²) >= 11 is 0. The van der Waals surface area contributed by atoms with Crippen LogP contribution in [-0.2, 0) is 27.1 Å². The molecular formula is C103H90N2. The zero-order valence-electron chi connectivity index (χ0n) is 63.1. The van der Waals surface area contributed by atoms with Gasteiger partial charge >= 0.3 is 0 Å². The van der Waals surface area contributed by atoms with Gasteiger partial charge < -0.3 is 9.80 Å². The summed E-state index contributed by atoms with van der Waals surface area (Å²) in [5.74, 6) is 0. The highest BCUT2D eigenvalue weighted by Gasteiger charge is 2.42. The number of fused-ring (bicyclic) bond motifs is 12. The molecule has 0 atom stereocenters. The molecule has 14 aromatic carbocycles. The minimum absolute atomic E-state index is 0.236. The Morgan fingerprint density at radius 3 is 0.571 bits per heavy atom. The van der Waals surface area contributed by atoms with Crippen molar-refractivity contribution >= 4 is 34.1 Å². The molecule has 0 saturated heterocycles. The van der Waals surface area contributed by atoms with Crippen LogP contribution < -0.4 is 9.80 Å². The molecule has 0 aromatic heterocycles. The largest absolute Gasteiger partial charge is 0.310 e. The number of hydrogen-bond donors (Lipinski definition) is 0. The van der Waals surface area contributed by atoms with Gasteiger partial charge in [0.25, 0.3) is 0 Å². The first-order valence-electron chi connectivity index (χ1n) is 37.7. The average molecular weight is 1360 g/mol. The van der Waals surface area contributed by atoms with Crippen LogP contribution in [-0.4, -0.2) is 0 Å². The molecule has 0 N–H and O–H groups in total. The van der Waals surface area contributed by atoms with E-state index in [1.807, 2.05) is 0 Å². The van der Waals surface area contributed by atoms with Gasteiger partial charge in [-0.25, -0.2) is 0 Å². The Kier molecular flexibility index (Phi) is 14.9. The average Bonchev–Trinajstić information content (AvgIpc) is 1.60. The predicted molar refractivity (Wildman–Crippen MR) is 445 cm³/mol. The van der Waals surface area contributed by atoms with Crippen LogP contribution in [0.1, 0.15) is 147 Å². The molecule has 2 nitrogen and oxygen atoms in total. The van der Waals surface area contributed by atoms with Crippen molar-refractivity contribution in [3.05, 3.63) is 369 Å². The van der Waals surface area contributed by atoms with Crippen LogP contribution in [0, 0.1) is 27.7 Å². The van der Waals surface area contributed by atoms with E-state index in [9.17, 15) is 0 Å². The number of nitrogens with zero attached hydrogens (tertiary/aromatic N) is 2. The molecule has 0 aliphatic heterocycles. The molecule has 0 saturated carbocycles. The van der Waals surface area contributed by atoms with Gasteiger partial charge in [-0.15, -0.1) is 0 Å². The molecule has 14 aromatic rings. The maximum absolute atomic E-state index is 2.51. The Morgan fingerprint density at radius 1 is 0.190 bits per heavy atom. The second-order valence-corrected chi connectivity index (χ2v) is 33.3. The van der Waals surface area contributed by atoms with Crippen molar-refractivity contribution in [3.8, 4) is 89.0 Å². The normalized spacial score (nSPS) is 14.7. The van der Waals surface area contributed by atoms with Crippen molar-refractivity contribution in [1.82, 2.24) is 0 Å². The van der Waals surface area contributed by atoms with E-state index in [4.69, 9.17) is 0 Å². The molecule has 0 unspecified atom stereocenters. The second kappa shape index (κ2) is 23.9. The fourth-order valence-corrected chi connectivity index (χ4v) is 18.3. The summed E-state index contributed by atoms with van der Waals surface area (Å²) < 4.78 is 0. The molecule has 2 heteroatoms. The smallest absolute Gasteiger partial charge is 0.0465 e. The highest BCUT2D eigenvalue weighted by Crippen LogP contribution is 2.58. The maximum Gasteiger partial charge on any atom is 0.0465 e. The van der Waals surface area contributed by atoms with E-state index < -0.39 is 0 Å². The van der Waals surface area contributed by atoms with E-state index in [0.29, 0.717) is 0 Å². The van der Waals surface area contributed by atoms with E-state index in [1.54, 1.807) is 0 Å². The monoisotopic (exact) mass is 1350 g/mol. The van der Waals surface area contributed by atoms with Gasteiger partial charge in [-0.05, 0) is 269 Å². The van der Waals surface area contributed by atoms with Gasteiger partial charge in [0.15, 0.2) is 0 Å². The molecular weight excluding hydrogens is 1270 g/mol. The third kappa shape index (κ3) is 10.6. The lowest BCUT2D eigenvalue weighted by Gasteiger charge is -2.32. The number of rotatable bonds is 12. The minimum Gasteiger partial charge on any atom is -0.310 e. The fraction of sp³-hybridized carbons (Fsp3) is 0.184. The maximum atomic E-state index is 2.51. The summed E-state index contributed by atoms with van der Waals surface area (Å²) in [7, 11) is 0. The van der Waals surface area contributed by atoms with Crippen LogP contribution in [0.2, 0.25) is 0 Å². The number of hydrogen-bond acceptors (Lipinski definition) is 2. The van der Waals surface area contributed by atoms with E-state index in [2.05, 4.69) is 398 Å². The molecule has 0 fully saturated rings. The van der Waals surface area contributed by atoms with Crippen LogP contribution in [0.5, 0.6) is 0 Å². The van der Waals surface area contributed by atoms with Crippen molar-refractivity contribution in [2.24, 2.45) is 0 Å². The second-order valence-electron chi connectivity index (χ2n) is 33.3. The van der Waals surface area contributed by atoms with Crippen molar-refractivity contribution < 1.29 is 0 Å². The lowest BCUT2D eigenvalue weighted by molar-refractivity contribution is 0.641. The van der Waals surface area contributed by atoms with Crippen LogP contribution in [0.25, 0.3) is 89.0 Å². The SMILES string of the molecule is Cc1ccc(-c2ccc3c(c2)C(C)(C)c2cc(N(c4ccc(C(C)(C)c5ccc(N(c6ccc7c(c6)C(C)(C)c6cc(-c8ccc(C)cc8)ccc6-7)c6ccc7c(c6)C(C)(C)c6cc(-c8ccc(C)cc8)ccc6-7)cc5)cc4)c4ccc5c(c4)C(C)(C)c4cc(-c6ccc(C)cc6)ccc4-5)ccc2-3)cc1. The summed E-state index contributed by atoms with van der Waals surface area (Å²) in [6.45, 7) is 32.7. The first-order valence-corrected chi connectivity index (χ1v) is 37.7. The first kappa shape index (κ1) is 65.7. The summed E-state index contributed by atoms with van der Waals surface area (Å²) in [6, 6.07) is 112. The van der Waals surface area contributed by atoms with Crippen molar-refractivity contribution in [2.75, 3.05) is 9.80 Å². The molecule has 0 heterocycles. The Labute approximate surface area is 622 Å². The van der Waals surface area contributed by atoms with Crippen molar-refractivity contribution in [1.29, 1.82) is 0 Å². The van der Waals surface area contributed by atoms with Gasteiger partial charge in [0.1, 0.15) is 0 Å². The molecule has 0 amide bonds. The van der Waals surface area contributed by atoms with Crippen LogP contribution >= 0.6 is 0 Å². The Bertz CT molecular complexity index is 5180. The minimum atomic E-state index is -0.351. The number of aryl methyl sites for hydroxylation is 4. The van der Waals surface area contributed by atoms with Crippen LogP contribution in [0.3, 0.4) is 0 Å².